The first kappa shape index (κ1) is 20.7. The highest BCUT2D eigenvalue weighted by atomic mass is 79.9. The number of carboxylic acid groups (broad SMARTS) is 1. The van der Waals surface area contributed by atoms with E-state index in [2.05, 4.69) is 33.0 Å². The molecule has 2 aliphatic heterocycles. The number of aromatic nitrogens is 1. The van der Waals surface area contributed by atoms with E-state index in [1.54, 1.807) is 11.8 Å². The average Bonchev–Trinajstić information content (AvgIpc) is 3.47. The highest BCUT2D eigenvalue weighted by Crippen LogP contribution is 2.68. The van der Waals surface area contributed by atoms with Gasteiger partial charge in [-0.3, -0.25) is 19.3 Å². The molecular formula is C22H19BrN2O5S2. The van der Waals surface area contributed by atoms with Crippen LogP contribution in [0.3, 0.4) is 0 Å². The number of hydrogen-bond donors (Lipinski definition) is 2. The van der Waals surface area contributed by atoms with Crippen molar-refractivity contribution in [3.8, 4) is 0 Å². The molecule has 0 unspecified atom stereocenters. The van der Waals surface area contributed by atoms with Crippen molar-refractivity contribution in [3.63, 3.8) is 0 Å². The Bertz CT molecular complexity index is 1220. The standard InChI is InChI=1S/C22H19BrN2O5S2/c1-7(21(28)29)25-19(26)14-10-6-11(15(14)20(25)27)16-13(10)12(8-2-4-9(23)5-3-8)17-18(31-16)24-22(30)32-17/h2-5,7,10-16H,6H2,1H3,(H,24,30)(H,28,29)/t7-,10-,11-,12-,13-,14+,15-,16+/m1/s1. The quantitative estimate of drug-likeness (QED) is 0.585. The molecule has 2 saturated carbocycles. The summed E-state index contributed by atoms with van der Waals surface area (Å²) in [6, 6.07) is 6.92. The number of fused-ring (bicyclic) bond motifs is 9. The van der Waals surface area contributed by atoms with Gasteiger partial charge in [0.25, 0.3) is 0 Å². The van der Waals surface area contributed by atoms with E-state index in [1.807, 2.05) is 12.1 Å². The topological polar surface area (TPSA) is 108 Å². The second-order valence-electron chi connectivity index (χ2n) is 9.07. The Hall–Kier alpha value is -1.91. The lowest BCUT2D eigenvalue weighted by atomic mass is 9.68. The molecule has 4 aliphatic rings. The van der Waals surface area contributed by atoms with Gasteiger partial charge in [-0.05, 0) is 48.8 Å². The van der Waals surface area contributed by atoms with Gasteiger partial charge in [-0.1, -0.05) is 39.4 Å². The van der Waals surface area contributed by atoms with Crippen molar-refractivity contribution in [2.24, 2.45) is 29.6 Å². The number of likely N-dealkylation sites (tertiary alicyclic amines) is 1. The molecule has 1 aromatic carbocycles. The molecule has 2 aromatic rings. The zero-order valence-electron chi connectivity index (χ0n) is 16.9. The summed E-state index contributed by atoms with van der Waals surface area (Å²) in [7, 11) is 0. The Morgan fingerprint density at radius 1 is 1.16 bits per heavy atom. The third kappa shape index (κ3) is 2.66. The summed E-state index contributed by atoms with van der Waals surface area (Å²) in [5.74, 6) is -2.70. The second-order valence-corrected chi connectivity index (χ2v) is 12.2. The average molecular weight is 535 g/mol. The van der Waals surface area contributed by atoms with E-state index in [9.17, 15) is 24.3 Å². The van der Waals surface area contributed by atoms with Gasteiger partial charge in [0.1, 0.15) is 6.04 Å². The SMILES string of the molecule is C[C@H](C(=O)O)N1C(=O)[C@@H]2[C@H]3C[C@@H]([C@@H]2C1=O)[C@@H]1[C@@H](c2ccc(Br)cc2)c2sc(=O)[nH]c2S[C@@H]31. The summed E-state index contributed by atoms with van der Waals surface area (Å²) in [6.45, 7) is 1.40. The molecule has 1 aromatic heterocycles. The minimum absolute atomic E-state index is 0.00283. The third-order valence-electron chi connectivity index (χ3n) is 7.73. The second kappa shape index (κ2) is 7.04. The maximum absolute atomic E-state index is 13.3. The number of H-pyrrole nitrogens is 1. The van der Waals surface area contributed by atoms with Crippen molar-refractivity contribution in [2.45, 2.75) is 35.6 Å². The molecule has 2 N–H and O–H groups in total. The van der Waals surface area contributed by atoms with Gasteiger partial charge in [-0.25, -0.2) is 4.79 Å². The largest absolute Gasteiger partial charge is 0.480 e. The van der Waals surface area contributed by atoms with Crippen molar-refractivity contribution in [3.05, 3.63) is 48.8 Å². The van der Waals surface area contributed by atoms with E-state index in [0.717, 1.165) is 31.3 Å². The predicted octanol–water partition coefficient (Wildman–Crippen LogP) is 3.15. The summed E-state index contributed by atoms with van der Waals surface area (Å²) in [5.41, 5.74) is 1.09. The third-order valence-corrected chi connectivity index (χ3v) is 10.8. The number of benzene rings is 1. The van der Waals surface area contributed by atoms with Crippen LogP contribution in [-0.4, -0.2) is 44.1 Å². The van der Waals surface area contributed by atoms with Gasteiger partial charge in [0.05, 0.1) is 16.9 Å². The lowest BCUT2D eigenvalue weighted by molar-refractivity contribution is -0.154. The molecule has 0 radical (unpaired) electrons. The maximum atomic E-state index is 13.3. The normalized spacial score (nSPS) is 35.6. The number of amides is 2. The molecule has 0 spiro atoms. The van der Waals surface area contributed by atoms with Gasteiger partial charge in [0.15, 0.2) is 0 Å². The van der Waals surface area contributed by atoms with Gasteiger partial charge in [-0.2, -0.15) is 0 Å². The fraction of sp³-hybridized carbons (Fsp3) is 0.455. The number of halogens is 1. The van der Waals surface area contributed by atoms with Gasteiger partial charge >= 0.3 is 10.8 Å². The van der Waals surface area contributed by atoms with E-state index in [-0.39, 0.29) is 45.6 Å². The number of aliphatic carboxylic acids is 1. The first-order valence-corrected chi connectivity index (χ1v) is 13.0. The number of imide groups is 1. The number of nitrogens with zero attached hydrogens (tertiary/aromatic N) is 1. The maximum Gasteiger partial charge on any atom is 0.326 e. The molecule has 2 aliphatic carbocycles. The van der Waals surface area contributed by atoms with Crippen molar-refractivity contribution in [1.29, 1.82) is 0 Å². The molecule has 7 nitrogen and oxygen atoms in total. The van der Waals surface area contributed by atoms with Crippen LogP contribution in [0.15, 0.2) is 38.6 Å². The molecule has 3 heterocycles. The number of aromatic amines is 1. The van der Waals surface area contributed by atoms with Crippen molar-refractivity contribution < 1.29 is 19.5 Å². The van der Waals surface area contributed by atoms with E-state index < -0.39 is 23.8 Å². The number of carboxylic acids is 1. The Morgan fingerprint density at radius 2 is 1.81 bits per heavy atom. The van der Waals surface area contributed by atoms with Gasteiger partial charge < -0.3 is 10.1 Å². The fourth-order valence-corrected chi connectivity index (χ4v) is 9.73. The number of hydrogen-bond acceptors (Lipinski definition) is 6. The van der Waals surface area contributed by atoms with Crippen LogP contribution in [-0.2, 0) is 14.4 Å². The van der Waals surface area contributed by atoms with Crippen LogP contribution >= 0.6 is 39.0 Å². The molecule has 166 valence electrons. The van der Waals surface area contributed by atoms with E-state index >= 15 is 0 Å². The fourth-order valence-electron chi connectivity index (χ4n) is 6.58. The van der Waals surface area contributed by atoms with Gasteiger partial charge in [0, 0.05) is 20.5 Å². The van der Waals surface area contributed by atoms with Crippen LogP contribution in [0.1, 0.15) is 29.7 Å². The number of carbonyl (C=O) groups is 3. The van der Waals surface area contributed by atoms with Gasteiger partial charge in [0.2, 0.25) is 11.8 Å². The minimum atomic E-state index is -1.17. The molecule has 10 heteroatoms. The molecule has 6 rings (SSSR count). The van der Waals surface area contributed by atoms with Crippen LogP contribution in [0.25, 0.3) is 0 Å². The van der Waals surface area contributed by atoms with Crippen molar-refractivity contribution in [1.82, 2.24) is 9.88 Å². The van der Waals surface area contributed by atoms with Crippen LogP contribution in [0.2, 0.25) is 0 Å². The molecule has 32 heavy (non-hydrogen) atoms. The van der Waals surface area contributed by atoms with Crippen LogP contribution in [0.5, 0.6) is 0 Å². The minimum Gasteiger partial charge on any atom is -0.480 e. The first-order valence-electron chi connectivity index (χ1n) is 10.5. The number of thiazole rings is 1. The molecule has 1 saturated heterocycles. The first-order chi connectivity index (χ1) is 15.3. The smallest absolute Gasteiger partial charge is 0.326 e. The Kier molecular flexibility index (Phi) is 4.55. The van der Waals surface area contributed by atoms with Crippen LogP contribution in [0.4, 0.5) is 0 Å². The summed E-state index contributed by atoms with van der Waals surface area (Å²) in [4.78, 5) is 55.2. The molecular weight excluding hydrogens is 516 g/mol. The van der Waals surface area contributed by atoms with E-state index in [0.29, 0.717) is 0 Å². The van der Waals surface area contributed by atoms with Crippen molar-refractivity contribution >= 4 is 56.8 Å². The van der Waals surface area contributed by atoms with Crippen molar-refractivity contribution in [2.75, 3.05) is 0 Å². The number of carbonyl (C=O) groups excluding carboxylic acids is 2. The zero-order chi connectivity index (χ0) is 22.5. The Balaban J connectivity index is 1.45. The molecule has 3 fully saturated rings. The highest BCUT2D eigenvalue weighted by Gasteiger charge is 2.70. The zero-order valence-corrected chi connectivity index (χ0v) is 20.1. The monoisotopic (exact) mass is 534 g/mol. The summed E-state index contributed by atoms with van der Waals surface area (Å²) in [6.07, 6.45) is 0.788. The van der Waals surface area contributed by atoms with Crippen LogP contribution in [0, 0.1) is 29.6 Å². The van der Waals surface area contributed by atoms with Gasteiger partial charge in [-0.15, -0.1) is 11.8 Å². The molecule has 8 atom stereocenters. The molecule has 2 bridgehead atoms. The van der Waals surface area contributed by atoms with E-state index in [4.69, 9.17) is 0 Å². The van der Waals surface area contributed by atoms with E-state index in [1.165, 1.54) is 18.3 Å². The Morgan fingerprint density at radius 3 is 2.47 bits per heavy atom. The summed E-state index contributed by atoms with van der Waals surface area (Å²) in [5, 5.41) is 10.4. The summed E-state index contributed by atoms with van der Waals surface area (Å²) >= 11 is 6.34. The number of nitrogens with one attached hydrogen (secondary N) is 1. The Labute approximate surface area is 199 Å². The predicted molar refractivity (Wildman–Crippen MR) is 122 cm³/mol. The highest BCUT2D eigenvalue weighted by molar-refractivity contribution is 9.10. The number of thioether (sulfide) groups is 1. The lowest BCUT2D eigenvalue weighted by Crippen LogP contribution is -2.44. The lowest BCUT2D eigenvalue weighted by Gasteiger charge is -2.43. The van der Waals surface area contributed by atoms with Crippen LogP contribution < -0.4 is 4.87 Å². The number of rotatable bonds is 3. The summed E-state index contributed by atoms with van der Waals surface area (Å²) < 4.78 is 0.966. The molecule has 2 amide bonds.